The molecule has 2 fully saturated rings. The molecule has 1 aromatic carbocycles. The topological polar surface area (TPSA) is 74.3 Å². The van der Waals surface area contributed by atoms with Crippen LogP contribution in [-0.4, -0.2) is 68.0 Å². The zero-order valence-electron chi connectivity index (χ0n) is 22.7. The van der Waals surface area contributed by atoms with Gasteiger partial charge in [-0.05, 0) is 64.0 Å². The first-order chi connectivity index (χ1) is 16.8. The highest BCUT2D eigenvalue weighted by Crippen LogP contribution is 2.35. The summed E-state index contributed by atoms with van der Waals surface area (Å²) >= 11 is 0. The maximum Gasteiger partial charge on any atom is 0.227 e. The molecule has 35 heavy (non-hydrogen) atoms. The minimum atomic E-state index is -0.874. The number of nitrogens with one attached hydrogen (secondary N) is 1. The monoisotopic (exact) mass is 489 g/mol. The lowest BCUT2D eigenvalue weighted by Crippen LogP contribution is -2.52. The number of likely N-dealkylation sites (tertiary alicyclic amines) is 1. The number of piperidine rings is 1. The number of nitrogens with zero attached hydrogens (tertiary/aromatic N) is 2. The molecule has 0 aliphatic carbocycles. The van der Waals surface area contributed by atoms with Crippen LogP contribution in [0.3, 0.4) is 0 Å². The Hall–Kier alpha value is -1.83. The van der Waals surface area contributed by atoms with Crippen molar-refractivity contribution in [2.24, 2.45) is 11.8 Å². The quantitative estimate of drug-likeness (QED) is 0.453. The fourth-order valence-corrected chi connectivity index (χ4v) is 5.82. The summed E-state index contributed by atoms with van der Waals surface area (Å²) in [6.45, 7) is 14.4. The van der Waals surface area contributed by atoms with E-state index in [4.69, 9.17) is 9.47 Å². The van der Waals surface area contributed by atoms with Crippen molar-refractivity contribution in [1.82, 2.24) is 10.2 Å². The summed E-state index contributed by atoms with van der Waals surface area (Å²) in [4.78, 5) is 17.8. The van der Waals surface area contributed by atoms with Crippen LogP contribution in [-0.2, 0) is 9.53 Å². The van der Waals surface area contributed by atoms with Gasteiger partial charge < -0.3 is 24.4 Å². The highest BCUT2D eigenvalue weighted by Gasteiger charge is 2.37. The number of amides is 1. The van der Waals surface area contributed by atoms with Crippen molar-refractivity contribution in [3.63, 3.8) is 0 Å². The van der Waals surface area contributed by atoms with E-state index in [1.807, 2.05) is 11.0 Å². The summed E-state index contributed by atoms with van der Waals surface area (Å²) < 4.78 is 11.2. The fraction of sp³-hybridized carbons (Fsp3) is 0.750. The van der Waals surface area contributed by atoms with E-state index in [1.54, 1.807) is 7.11 Å². The van der Waals surface area contributed by atoms with E-state index >= 15 is 0 Å². The minimum absolute atomic E-state index is 0.127. The van der Waals surface area contributed by atoms with Crippen LogP contribution in [0.2, 0.25) is 0 Å². The van der Waals surface area contributed by atoms with E-state index in [1.165, 1.54) is 0 Å². The Bertz CT molecular complexity index is 827. The van der Waals surface area contributed by atoms with Crippen LogP contribution in [0.1, 0.15) is 77.2 Å². The number of aliphatic hydroxyl groups is 1. The smallest absolute Gasteiger partial charge is 0.227 e. The molecule has 4 atom stereocenters. The highest BCUT2D eigenvalue weighted by atomic mass is 16.5. The van der Waals surface area contributed by atoms with Gasteiger partial charge in [0.25, 0.3) is 0 Å². The lowest BCUT2D eigenvalue weighted by molar-refractivity contribution is -0.144. The van der Waals surface area contributed by atoms with Crippen molar-refractivity contribution in [1.29, 1.82) is 0 Å². The van der Waals surface area contributed by atoms with Gasteiger partial charge in [-0.1, -0.05) is 20.3 Å². The maximum absolute atomic E-state index is 13.3. The number of benzene rings is 1. The molecule has 2 heterocycles. The predicted octanol–water partition coefficient (Wildman–Crippen LogP) is 4.26. The second kappa shape index (κ2) is 12.9. The van der Waals surface area contributed by atoms with Crippen molar-refractivity contribution in [2.75, 3.05) is 44.9 Å². The van der Waals surface area contributed by atoms with Crippen LogP contribution in [0.15, 0.2) is 12.1 Å². The van der Waals surface area contributed by atoms with Gasteiger partial charge in [0, 0.05) is 62.2 Å². The molecule has 3 rings (SSSR count). The van der Waals surface area contributed by atoms with Crippen LogP contribution >= 0.6 is 0 Å². The lowest BCUT2D eigenvalue weighted by atomic mass is 9.82. The van der Waals surface area contributed by atoms with Crippen molar-refractivity contribution in [3.8, 4) is 5.75 Å². The Labute approximate surface area is 212 Å². The summed E-state index contributed by atoms with van der Waals surface area (Å²) in [7, 11) is 1.66. The molecule has 2 N–H and O–H groups in total. The average Bonchev–Trinajstić information content (AvgIpc) is 2.85. The van der Waals surface area contributed by atoms with E-state index in [-0.39, 0.29) is 23.8 Å². The number of methoxy groups -OCH3 is 1. The molecule has 2 aliphatic heterocycles. The summed E-state index contributed by atoms with van der Waals surface area (Å²) in [5, 5.41) is 14.5. The van der Waals surface area contributed by atoms with Crippen LogP contribution in [0.4, 0.5) is 5.69 Å². The van der Waals surface area contributed by atoms with Gasteiger partial charge in [-0.3, -0.25) is 10.1 Å². The maximum atomic E-state index is 13.3. The third-order valence-electron chi connectivity index (χ3n) is 8.02. The Morgan fingerprint density at radius 2 is 1.97 bits per heavy atom. The zero-order valence-corrected chi connectivity index (χ0v) is 22.7. The minimum Gasteiger partial charge on any atom is -0.497 e. The second-order valence-corrected chi connectivity index (χ2v) is 10.4. The second-order valence-electron chi connectivity index (χ2n) is 10.4. The SMILES string of the molecule is CCCCN1C(=O)C(CNC(O)c2cc(OC)cc(N(CC)C3CCOCC3)c2C)C(C)CC1C. The fourth-order valence-electron chi connectivity index (χ4n) is 5.82. The Balaban J connectivity index is 1.77. The number of rotatable bonds is 11. The number of ether oxygens (including phenoxy) is 2. The summed E-state index contributed by atoms with van der Waals surface area (Å²) in [6, 6.07) is 4.67. The molecule has 0 aromatic heterocycles. The zero-order chi connectivity index (χ0) is 25.5. The summed E-state index contributed by atoms with van der Waals surface area (Å²) in [5.41, 5.74) is 2.94. The Kier molecular flexibility index (Phi) is 10.3. The van der Waals surface area contributed by atoms with Gasteiger partial charge in [-0.25, -0.2) is 0 Å². The molecule has 0 spiro atoms. The molecule has 2 saturated heterocycles. The van der Waals surface area contributed by atoms with Crippen LogP contribution in [0.25, 0.3) is 0 Å². The van der Waals surface area contributed by atoms with Gasteiger partial charge >= 0.3 is 0 Å². The van der Waals surface area contributed by atoms with Crippen LogP contribution in [0.5, 0.6) is 5.75 Å². The van der Waals surface area contributed by atoms with Gasteiger partial charge in [0.05, 0.1) is 13.0 Å². The first kappa shape index (κ1) is 27.8. The molecule has 1 amide bonds. The molecule has 7 nitrogen and oxygen atoms in total. The molecule has 198 valence electrons. The van der Waals surface area contributed by atoms with Crippen LogP contribution in [0, 0.1) is 18.8 Å². The van der Waals surface area contributed by atoms with Crippen molar-refractivity contribution < 1.29 is 19.4 Å². The van der Waals surface area contributed by atoms with Gasteiger partial charge in [0.2, 0.25) is 5.91 Å². The first-order valence-electron chi connectivity index (χ1n) is 13.6. The third kappa shape index (κ3) is 6.49. The van der Waals surface area contributed by atoms with E-state index in [2.05, 4.69) is 50.9 Å². The average molecular weight is 490 g/mol. The number of hydrogen-bond donors (Lipinski definition) is 2. The molecule has 2 aliphatic rings. The number of hydrogen-bond acceptors (Lipinski definition) is 6. The molecule has 4 unspecified atom stereocenters. The number of carbonyl (C=O) groups is 1. The Morgan fingerprint density at radius 3 is 2.60 bits per heavy atom. The molecular formula is C28H47N3O4. The molecule has 0 saturated carbocycles. The number of aliphatic hydroxyl groups excluding tert-OH is 1. The van der Waals surface area contributed by atoms with Crippen LogP contribution < -0.4 is 15.0 Å². The van der Waals surface area contributed by atoms with Crippen molar-refractivity contribution in [2.45, 2.75) is 85.0 Å². The predicted molar refractivity (Wildman–Crippen MR) is 141 cm³/mol. The van der Waals surface area contributed by atoms with E-state index in [0.717, 1.165) is 81.0 Å². The van der Waals surface area contributed by atoms with Crippen molar-refractivity contribution >= 4 is 11.6 Å². The molecule has 0 radical (unpaired) electrons. The van der Waals surface area contributed by atoms with Gasteiger partial charge in [0.1, 0.15) is 12.0 Å². The summed E-state index contributed by atoms with van der Waals surface area (Å²) in [6.07, 6.45) is 4.22. The molecular weight excluding hydrogens is 442 g/mol. The number of carbonyl (C=O) groups excluding carboxylic acids is 1. The van der Waals surface area contributed by atoms with E-state index in [9.17, 15) is 9.90 Å². The standard InChI is InChI=1S/C28H47N3O4/c1-7-9-12-31-20(4)15-19(3)25(28(31)33)18-29-27(32)24-16-23(34-6)17-26(21(24)5)30(8-2)22-10-13-35-14-11-22/h16-17,19-20,22,25,27,29,32H,7-15,18H2,1-6H3. The lowest BCUT2D eigenvalue weighted by Gasteiger charge is -2.41. The first-order valence-corrected chi connectivity index (χ1v) is 13.6. The number of anilines is 1. The molecule has 0 bridgehead atoms. The van der Waals surface area contributed by atoms with E-state index in [0.29, 0.717) is 12.6 Å². The largest absolute Gasteiger partial charge is 0.497 e. The Morgan fingerprint density at radius 1 is 1.26 bits per heavy atom. The van der Waals surface area contributed by atoms with Gasteiger partial charge in [-0.2, -0.15) is 0 Å². The third-order valence-corrected chi connectivity index (χ3v) is 8.02. The van der Waals surface area contributed by atoms with Crippen molar-refractivity contribution in [3.05, 3.63) is 23.3 Å². The summed E-state index contributed by atoms with van der Waals surface area (Å²) in [5.74, 6) is 1.09. The van der Waals surface area contributed by atoms with Gasteiger partial charge in [-0.15, -0.1) is 0 Å². The molecule has 7 heteroatoms. The van der Waals surface area contributed by atoms with Gasteiger partial charge in [0.15, 0.2) is 0 Å². The normalized spacial score (nSPS) is 24.5. The molecule has 1 aromatic rings. The van der Waals surface area contributed by atoms with E-state index < -0.39 is 6.23 Å². The number of unbranched alkanes of at least 4 members (excludes halogenated alkanes) is 1. The highest BCUT2D eigenvalue weighted by molar-refractivity contribution is 5.80.